The Hall–Kier alpha value is -5.78. The molecule has 0 aliphatic carbocycles. The summed E-state index contributed by atoms with van der Waals surface area (Å²) < 4.78 is 10.8. The molecule has 5 nitrogen and oxygen atoms in total. The molecule has 0 aliphatic rings. The summed E-state index contributed by atoms with van der Waals surface area (Å²) in [4.78, 5) is 24.7. The van der Waals surface area contributed by atoms with Gasteiger partial charge in [0.25, 0.3) is 0 Å². The molecule has 0 heterocycles. The molecule has 0 spiro atoms. The number of rotatable bonds is 64. The van der Waals surface area contributed by atoms with E-state index < -0.39 is 6.10 Å². The largest absolute Gasteiger partial charge is 0.462 e. The summed E-state index contributed by atoms with van der Waals surface area (Å²) in [5.74, 6) is -0.611. The molecule has 0 amide bonds. The topological polar surface area (TPSA) is 72.8 Å². The fraction of sp³-hybridized carbons (Fsp3) is 0.553. The van der Waals surface area contributed by atoms with Crippen molar-refractivity contribution in [3.8, 4) is 0 Å². The molecule has 5 heteroatoms. The maximum atomic E-state index is 12.4. The van der Waals surface area contributed by atoms with Gasteiger partial charge < -0.3 is 14.6 Å². The molecule has 0 saturated carbocycles. The van der Waals surface area contributed by atoms with Crippen molar-refractivity contribution in [2.75, 3.05) is 13.2 Å². The molecule has 0 saturated heterocycles. The first-order chi connectivity index (χ1) is 44.6. The highest BCUT2D eigenvalue weighted by molar-refractivity contribution is 5.70. The van der Waals surface area contributed by atoms with Crippen LogP contribution in [0.1, 0.15) is 284 Å². The fourth-order valence-corrected chi connectivity index (χ4v) is 9.42. The van der Waals surface area contributed by atoms with E-state index in [0.717, 1.165) is 161 Å². The smallest absolute Gasteiger partial charge is 0.306 e. The van der Waals surface area contributed by atoms with Gasteiger partial charge in [-0.2, -0.15) is 0 Å². The summed E-state index contributed by atoms with van der Waals surface area (Å²) in [6.07, 6.45) is 125. The predicted octanol–water partition coefficient (Wildman–Crippen LogP) is 25.9. The molecule has 502 valence electrons. The molecule has 1 unspecified atom stereocenters. The summed E-state index contributed by atoms with van der Waals surface area (Å²) in [6.45, 7) is 3.90. The number of carbonyl (C=O) groups excluding carboxylic acids is 2. The highest BCUT2D eigenvalue weighted by atomic mass is 16.6. The van der Waals surface area contributed by atoms with Crippen molar-refractivity contribution in [2.24, 2.45) is 0 Å². The van der Waals surface area contributed by atoms with Crippen molar-refractivity contribution < 1.29 is 24.2 Å². The van der Waals surface area contributed by atoms with Gasteiger partial charge in [0.05, 0.1) is 6.61 Å². The first-order valence-electron chi connectivity index (χ1n) is 36.3. The summed E-state index contributed by atoms with van der Waals surface area (Å²) in [5, 5.41) is 9.71. The van der Waals surface area contributed by atoms with Crippen LogP contribution in [-0.2, 0) is 19.1 Å². The Balaban J connectivity index is 3.60. The third-order valence-corrected chi connectivity index (χ3v) is 14.8. The summed E-state index contributed by atoms with van der Waals surface area (Å²) in [6, 6.07) is 0. The third kappa shape index (κ3) is 74.7. The number of aliphatic hydroxyl groups excluding tert-OH is 1. The third-order valence-electron chi connectivity index (χ3n) is 14.8. The molecule has 1 atom stereocenters. The molecule has 0 aromatic rings. The van der Waals surface area contributed by atoms with E-state index in [1.165, 1.54) is 96.3 Å². The first-order valence-corrected chi connectivity index (χ1v) is 36.3. The van der Waals surface area contributed by atoms with E-state index in [0.29, 0.717) is 12.8 Å². The lowest BCUT2D eigenvalue weighted by atomic mass is 10.0. The molecule has 1 N–H and O–H groups in total. The lowest BCUT2D eigenvalue weighted by Gasteiger charge is -2.15. The van der Waals surface area contributed by atoms with E-state index in [4.69, 9.17) is 9.47 Å². The monoisotopic (exact) mass is 1230 g/mol. The second-order valence-corrected chi connectivity index (χ2v) is 23.2. The Labute approximate surface area is 554 Å². The molecule has 0 aromatic carbocycles. The highest BCUT2D eigenvalue weighted by Gasteiger charge is 2.16. The Kier molecular flexibility index (Phi) is 72.5. The summed E-state index contributed by atoms with van der Waals surface area (Å²) >= 11 is 0. The minimum Gasteiger partial charge on any atom is -0.462 e. The maximum absolute atomic E-state index is 12.4. The number of hydrogen-bond donors (Lipinski definition) is 1. The van der Waals surface area contributed by atoms with Crippen LogP contribution in [-0.4, -0.2) is 36.4 Å². The van der Waals surface area contributed by atoms with E-state index in [1.54, 1.807) is 0 Å². The van der Waals surface area contributed by atoms with E-state index in [2.05, 4.69) is 233 Å². The molecular formula is C85H132O5. The number of carbonyl (C=O) groups is 2. The van der Waals surface area contributed by atoms with Gasteiger partial charge in [-0.3, -0.25) is 9.59 Å². The number of ether oxygens (including phenoxy) is 2. The number of hydrogen-bond acceptors (Lipinski definition) is 5. The fourth-order valence-electron chi connectivity index (χ4n) is 9.42. The average molecular weight is 1230 g/mol. The van der Waals surface area contributed by atoms with Crippen LogP contribution in [0, 0.1) is 0 Å². The van der Waals surface area contributed by atoms with Gasteiger partial charge in [0.15, 0.2) is 6.10 Å². The van der Waals surface area contributed by atoms with E-state index in [1.807, 2.05) is 0 Å². The van der Waals surface area contributed by atoms with Crippen LogP contribution >= 0.6 is 0 Å². The van der Waals surface area contributed by atoms with Crippen LogP contribution in [0.3, 0.4) is 0 Å². The van der Waals surface area contributed by atoms with Gasteiger partial charge in [-0.1, -0.05) is 335 Å². The van der Waals surface area contributed by atoms with Crippen molar-refractivity contribution in [2.45, 2.75) is 290 Å². The maximum Gasteiger partial charge on any atom is 0.306 e. The second-order valence-electron chi connectivity index (χ2n) is 23.2. The summed E-state index contributed by atoms with van der Waals surface area (Å²) in [5.41, 5.74) is 0. The Morgan fingerprint density at radius 3 is 0.667 bits per heavy atom. The normalized spacial score (nSPS) is 13.6. The van der Waals surface area contributed by atoms with Crippen LogP contribution in [0.25, 0.3) is 0 Å². The molecule has 0 fully saturated rings. The Morgan fingerprint density at radius 1 is 0.256 bits per heavy atom. The van der Waals surface area contributed by atoms with Crippen molar-refractivity contribution >= 4 is 11.9 Å². The lowest BCUT2D eigenvalue weighted by Crippen LogP contribution is -2.28. The number of aliphatic hydroxyl groups is 1. The Morgan fingerprint density at radius 2 is 0.444 bits per heavy atom. The first kappa shape index (κ1) is 84.2. The SMILES string of the molecule is CC/C=C\C/C=C\C/C=C\C/C=C\C/C=C\C/C=C\C/C=C\C/C=C\C/C=C\CCCCCCCCCCCCCC(=O)OC(CO)COC(=O)CCCCCCCCCCC/C=C\C/C=C\C/C=C\C/C=C\C/C=C\C/C=C\C/C=C\C/C=C\C/C=C\CC. The quantitative estimate of drug-likeness (QED) is 0.0373. The van der Waals surface area contributed by atoms with Crippen molar-refractivity contribution in [3.63, 3.8) is 0 Å². The van der Waals surface area contributed by atoms with Gasteiger partial charge in [-0.25, -0.2) is 0 Å². The van der Waals surface area contributed by atoms with Gasteiger partial charge >= 0.3 is 11.9 Å². The van der Waals surface area contributed by atoms with E-state index >= 15 is 0 Å². The molecule has 0 aromatic heterocycles. The van der Waals surface area contributed by atoms with Gasteiger partial charge in [-0.15, -0.1) is 0 Å². The van der Waals surface area contributed by atoms with Gasteiger partial charge in [0.1, 0.15) is 6.61 Å². The minimum absolute atomic E-state index is 0.0826. The average Bonchev–Trinajstić information content (AvgIpc) is 3.59. The van der Waals surface area contributed by atoms with Crippen LogP contribution in [0.15, 0.2) is 219 Å². The standard InChI is InChI=1S/C85H132O5/c1-3-5-7-9-11-13-15-17-19-21-23-25-27-29-31-33-35-37-39-41-42-44-46-48-50-52-54-56-58-60-62-64-66-68-70-72-74-76-78-80-85(88)90-83(81-86)82-89-84(87)79-77-75-73-71-69-67-65-63-61-59-57-55-53-51-49-47-45-43-40-38-36-34-32-30-28-26-24-22-20-18-16-14-12-10-8-6-4-2/h5-8,11-14,17-20,23-26,29-32,35-38,41-43,45-46,48-49,51-52,54-55,57,83,86H,3-4,9-10,15-16,21-22,27-28,33-34,39-40,44,47,50,53,56,58-82H2,1-2H3/b7-5-,8-6-,13-11-,14-12-,19-17-,20-18-,25-23-,26-24-,31-29-,32-30-,37-35-,38-36-,42-41-,45-43-,48-46-,51-49-,54-52-,57-55-. The van der Waals surface area contributed by atoms with Crippen molar-refractivity contribution in [1.82, 2.24) is 0 Å². The zero-order valence-corrected chi connectivity index (χ0v) is 57.6. The Bertz CT molecular complexity index is 2130. The minimum atomic E-state index is -0.794. The van der Waals surface area contributed by atoms with Crippen LogP contribution < -0.4 is 0 Å². The van der Waals surface area contributed by atoms with Crippen LogP contribution in [0.2, 0.25) is 0 Å². The number of allylic oxidation sites excluding steroid dienone is 36. The van der Waals surface area contributed by atoms with E-state index in [9.17, 15) is 14.7 Å². The van der Waals surface area contributed by atoms with Gasteiger partial charge in [-0.05, 0) is 154 Å². The highest BCUT2D eigenvalue weighted by Crippen LogP contribution is 2.15. The van der Waals surface area contributed by atoms with Crippen LogP contribution in [0.4, 0.5) is 0 Å². The zero-order valence-electron chi connectivity index (χ0n) is 57.6. The van der Waals surface area contributed by atoms with Gasteiger partial charge in [0.2, 0.25) is 0 Å². The molecule has 0 rings (SSSR count). The van der Waals surface area contributed by atoms with Crippen LogP contribution in [0.5, 0.6) is 0 Å². The molecule has 0 bridgehead atoms. The van der Waals surface area contributed by atoms with E-state index in [-0.39, 0.29) is 25.2 Å². The number of esters is 2. The number of unbranched alkanes of at least 4 members (excludes halogenated alkanes) is 20. The summed E-state index contributed by atoms with van der Waals surface area (Å²) in [7, 11) is 0. The second kappa shape index (κ2) is 77.5. The molecular weight excluding hydrogens is 1100 g/mol. The predicted molar refractivity (Wildman–Crippen MR) is 398 cm³/mol. The zero-order chi connectivity index (χ0) is 64.7. The molecule has 0 radical (unpaired) electrons. The lowest BCUT2D eigenvalue weighted by molar-refractivity contribution is -0.161. The molecule has 0 aliphatic heterocycles. The van der Waals surface area contributed by atoms with Gasteiger partial charge in [0, 0.05) is 12.8 Å². The van der Waals surface area contributed by atoms with Crippen molar-refractivity contribution in [3.05, 3.63) is 219 Å². The molecule has 90 heavy (non-hydrogen) atoms. The van der Waals surface area contributed by atoms with Crippen molar-refractivity contribution in [1.29, 1.82) is 0 Å².